The van der Waals surface area contributed by atoms with E-state index in [4.69, 9.17) is 4.74 Å². The number of benzene rings is 3. The van der Waals surface area contributed by atoms with E-state index in [1.54, 1.807) is 0 Å². The molecule has 3 aromatic rings. The standard InChI is InChI=1S/C22H23NO2/c24-22(16-23-15-18-7-3-1-4-8-18)20-11-13-21(14-12-20)25-17-19-9-5-2-6-10-19/h1-14,22-24H,15-17H2/t22-/m0/s1. The van der Waals surface area contributed by atoms with Crippen molar-refractivity contribution >= 4 is 0 Å². The van der Waals surface area contributed by atoms with E-state index in [0.29, 0.717) is 13.2 Å². The Labute approximate surface area is 148 Å². The second kappa shape index (κ2) is 9.02. The van der Waals surface area contributed by atoms with Crippen molar-refractivity contribution in [1.82, 2.24) is 5.32 Å². The van der Waals surface area contributed by atoms with Crippen molar-refractivity contribution < 1.29 is 9.84 Å². The maximum Gasteiger partial charge on any atom is 0.119 e. The molecule has 0 aliphatic heterocycles. The fourth-order valence-corrected chi connectivity index (χ4v) is 2.59. The van der Waals surface area contributed by atoms with Crippen LogP contribution in [0.4, 0.5) is 0 Å². The molecule has 3 aromatic carbocycles. The van der Waals surface area contributed by atoms with Gasteiger partial charge in [-0.15, -0.1) is 0 Å². The van der Waals surface area contributed by atoms with Gasteiger partial charge in [-0.1, -0.05) is 72.8 Å². The molecule has 3 rings (SSSR count). The van der Waals surface area contributed by atoms with Gasteiger partial charge in [0.25, 0.3) is 0 Å². The minimum absolute atomic E-state index is 0.513. The Morgan fingerprint density at radius 2 is 1.36 bits per heavy atom. The summed E-state index contributed by atoms with van der Waals surface area (Å²) in [7, 11) is 0. The highest BCUT2D eigenvalue weighted by Crippen LogP contribution is 2.18. The molecule has 3 heteroatoms. The van der Waals surface area contributed by atoms with Crippen LogP contribution < -0.4 is 10.1 Å². The molecule has 25 heavy (non-hydrogen) atoms. The average Bonchev–Trinajstić information content (AvgIpc) is 2.68. The molecule has 0 spiro atoms. The molecule has 0 fully saturated rings. The fourth-order valence-electron chi connectivity index (χ4n) is 2.59. The molecule has 128 valence electrons. The molecule has 0 unspecified atom stereocenters. The second-order valence-electron chi connectivity index (χ2n) is 5.98. The number of aliphatic hydroxyl groups excluding tert-OH is 1. The molecule has 1 atom stereocenters. The van der Waals surface area contributed by atoms with Gasteiger partial charge >= 0.3 is 0 Å². The summed E-state index contributed by atoms with van der Waals surface area (Å²) in [5, 5.41) is 13.6. The molecule has 0 radical (unpaired) electrons. The normalized spacial score (nSPS) is 11.9. The molecular formula is C22H23NO2. The van der Waals surface area contributed by atoms with Gasteiger partial charge in [0, 0.05) is 13.1 Å². The summed E-state index contributed by atoms with van der Waals surface area (Å²) >= 11 is 0. The first-order chi connectivity index (χ1) is 12.3. The lowest BCUT2D eigenvalue weighted by molar-refractivity contribution is 0.174. The van der Waals surface area contributed by atoms with Crippen LogP contribution >= 0.6 is 0 Å². The SMILES string of the molecule is O[C@@H](CNCc1ccccc1)c1ccc(OCc2ccccc2)cc1. The lowest BCUT2D eigenvalue weighted by Crippen LogP contribution is -2.21. The van der Waals surface area contributed by atoms with Crippen molar-refractivity contribution in [3.63, 3.8) is 0 Å². The van der Waals surface area contributed by atoms with E-state index in [0.717, 1.165) is 23.4 Å². The van der Waals surface area contributed by atoms with Crippen LogP contribution in [0.2, 0.25) is 0 Å². The lowest BCUT2D eigenvalue weighted by Gasteiger charge is -2.13. The van der Waals surface area contributed by atoms with Crippen LogP contribution in [0.5, 0.6) is 5.75 Å². The zero-order valence-electron chi connectivity index (χ0n) is 14.1. The maximum atomic E-state index is 10.3. The van der Waals surface area contributed by atoms with Crippen LogP contribution in [-0.4, -0.2) is 11.7 Å². The van der Waals surface area contributed by atoms with Crippen LogP contribution in [0.15, 0.2) is 84.9 Å². The third kappa shape index (κ3) is 5.45. The number of nitrogens with one attached hydrogen (secondary N) is 1. The third-order valence-corrected chi connectivity index (χ3v) is 4.02. The van der Waals surface area contributed by atoms with Crippen molar-refractivity contribution in [1.29, 1.82) is 0 Å². The minimum atomic E-state index is -0.535. The summed E-state index contributed by atoms with van der Waals surface area (Å²) in [5.74, 6) is 0.803. The molecule has 0 bridgehead atoms. The van der Waals surface area contributed by atoms with Crippen LogP contribution in [0.3, 0.4) is 0 Å². The summed E-state index contributed by atoms with van der Waals surface area (Å²) in [6, 6.07) is 27.9. The Balaban J connectivity index is 1.46. The number of aliphatic hydroxyl groups is 1. The first kappa shape index (κ1) is 17.2. The number of ether oxygens (including phenoxy) is 1. The Morgan fingerprint density at radius 1 is 0.760 bits per heavy atom. The molecule has 0 amide bonds. The van der Waals surface area contributed by atoms with E-state index in [-0.39, 0.29) is 0 Å². The topological polar surface area (TPSA) is 41.5 Å². The van der Waals surface area contributed by atoms with Gasteiger partial charge in [-0.25, -0.2) is 0 Å². The van der Waals surface area contributed by atoms with Crippen molar-refractivity contribution in [3.8, 4) is 5.75 Å². The zero-order chi connectivity index (χ0) is 17.3. The summed E-state index contributed by atoms with van der Waals surface area (Å²) in [5.41, 5.74) is 3.23. The Morgan fingerprint density at radius 3 is 2.00 bits per heavy atom. The van der Waals surface area contributed by atoms with E-state index in [9.17, 15) is 5.11 Å². The van der Waals surface area contributed by atoms with Gasteiger partial charge in [-0.05, 0) is 28.8 Å². The van der Waals surface area contributed by atoms with Crippen molar-refractivity contribution in [2.45, 2.75) is 19.3 Å². The lowest BCUT2D eigenvalue weighted by atomic mass is 10.1. The summed E-state index contributed by atoms with van der Waals surface area (Å²) < 4.78 is 5.77. The molecule has 0 aliphatic rings. The van der Waals surface area contributed by atoms with E-state index in [1.807, 2.05) is 72.8 Å². The Kier molecular flexibility index (Phi) is 6.21. The van der Waals surface area contributed by atoms with Crippen LogP contribution in [-0.2, 0) is 13.2 Å². The highest BCUT2D eigenvalue weighted by atomic mass is 16.5. The van der Waals surface area contributed by atoms with Crippen LogP contribution in [0.1, 0.15) is 22.8 Å². The van der Waals surface area contributed by atoms with E-state index in [1.165, 1.54) is 5.56 Å². The van der Waals surface area contributed by atoms with Gasteiger partial charge in [0.2, 0.25) is 0 Å². The quantitative estimate of drug-likeness (QED) is 0.652. The Bertz CT molecular complexity index is 742. The smallest absolute Gasteiger partial charge is 0.119 e. The first-order valence-electron chi connectivity index (χ1n) is 8.50. The molecular weight excluding hydrogens is 310 g/mol. The highest BCUT2D eigenvalue weighted by Gasteiger charge is 2.07. The fraction of sp³-hybridized carbons (Fsp3) is 0.182. The van der Waals surface area contributed by atoms with E-state index < -0.39 is 6.10 Å². The Hall–Kier alpha value is -2.62. The van der Waals surface area contributed by atoms with Gasteiger partial charge < -0.3 is 15.2 Å². The largest absolute Gasteiger partial charge is 0.489 e. The van der Waals surface area contributed by atoms with Gasteiger partial charge in [-0.2, -0.15) is 0 Å². The molecule has 0 aliphatic carbocycles. The van der Waals surface area contributed by atoms with Crippen LogP contribution in [0, 0.1) is 0 Å². The average molecular weight is 333 g/mol. The maximum absolute atomic E-state index is 10.3. The van der Waals surface area contributed by atoms with Crippen LogP contribution in [0.25, 0.3) is 0 Å². The minimum Gasteiger partial charge on any atom is -0.489 e. The zero-order valence-corrected chi connectivity index (χ0v) is 14.1. The van der Waals surface area contributed by atoms with Crippen molar-refractivity contribution in [3.05, 3.63) is 102 Å². The molecule has 0 heterocycles. The molecule has 0 saturated heterocycles. The molecule has 0 aromatic heterocycles. The number of hydrogen-bond donors (Lipinski definition) is 2. The third-order valence-electron chi connectivity index (χ3n) is 4.02. The monoisotopic (exact) mass is 333 g/mol. The first-order valence-corrected chi connectivity index (χ1v) is 8.50. The summed E-state index contributed by atoms with van der Waals surface area (Å²) in [6.07, 6.45) is -0.535. The van der Waals surface area contributed by atoms with Crippen molar-refractivity contribution in [2.75, 3.05) is 6.54 Å². The van der Waals surface area contributed by atoms with Crippen molar-refractivity contribution in [2.24, 2.45) is 0 Å². The molecule has 0 saturated carbocycles. The highest BCUT2D eigenvalue weighted by molar-refractivity contribution is 5.29. The summed E-state index contributed by atoms with van der Waals surface area (Å²) in [6.45, 7) is 1.80. The predicted molar refractivity (Wildman–Crippen MR) is 100 cm³/mol. The number of hydrogen-bond acceptors (Lipinski definition) is 3. The van der Waals surface area contributed by atoms with E-state index in [2.05, 4.69) is 17.4 Å². The summed E-state index contributed by atoms with van der Waals surface area (Å²) in [4.78, 5) is 0. The van der Waals surface area contributed by atoms with E-state index >= 15 is 0 Å². The van der Waals surface area contributed by atoms with Gasteiger partial charge in [-0.3, -0.25) is 0 Å². The van der Waals surface area contributed by atoms with Gasteiger partial charge in [0.1, 0.15) is 12.4 Å². The van der Waals surface area contributed by atoms with Gasteiger partial charge in [0.15, 0.2) is 0 Å². The number of rotatable bonds is 8. The second-order valence-corrected chi connectivity index (χ2v) is 5.98. The molecule has 2 N–H and O–H groups in total. The predicted octanol–water partition coefficient (Wildman–Crippen LogP) is 4.09. The van der Waals surface area contributed by atoms with Gasteiger partial charge in [0.05, 0.1) is 6.10 Å². The molecule has 3 nitrogen and oxygen atoms in total.